The fourth-order valence-corrected chi connectivity index (χ4v) is 0.563. The lowest BCUT2D eigenvalue weighted by atomic mass is 10.5. The van der Waals surface area contributed by atoms with E-state index in [2.05, 4.69) is 5.32 Å². The molecule has 1 aliphatic heterocycles. The van der Waals surface area contributed by atoms with Gasteiger partial charge in [-0.1, -0.05) is 0 Å². The van der Waals surface area contributed by atoms with Crippen molar-refractivity contribution in [1.29, 1.82) is 0 Å². The van der Waals surface area contributed by atoms with Crippen LogP contribution in [0, 0.1) is 0 Å². The topological polar surface area (TPSA) is 32.3 Å². The van der Waals surface area contributed by atoms with Gasteiger partial charge in [0.25, 0.3) is 0 Å². The van der Waals surface area contributed by atoms with Crippen molar-refractivity contribution in [3.63, 3.8) is 0 Å². The molecule has 1 N–H and O–H groups in total. The second-order valence-electron chi connectivity index (χ2n) is 1.61. The van der Waals surface area contributed by atoms with Gasteiger partial charge in [-0.25, -0.2) is 0 Å². The molecule has 0 aromatic carbocycles. The zero-order valence-corrected chi connectivity index (χ0v) is 4.87. The van der Waals surface area contributed by atoms with Gasteiger partial charge >= 0.3 is 0 Å². The predicted octanol–water partition coefficient (Wildman–Crippen LogP) is -0.0563. The fourth-order valence-electron chi connectivity index (χ4n) is 0.563. The van der Waals surface area contributed by atoms with E-state index in [4.69, 9.17) is 0 Å². The van der Waals surface area contributed by atoms with E-state index in [9.17, 15) is 4.79 Å². The fraction of sp³-hybridized carbons (Fsp3) is 0.167. The van der Waals surface area contributed by atoms with Gasteiger partial charge in [0.1, 0.15) is 0 Å². The number of hydrogen-bond acceptors (Lipinski definition) is 3. The van der Waals surface area contributed by atoms with E-state index >= 15 is 0 Å². The van der Waals surface area contributed by atoms with Crippen LogP contribution in [0.4, 0.5) is 0 Å². The molecule has 0 aliphatic carbocycles. The minimum absolute atomic E-state index is 0.300. The van der Waals surface area contributed by atoms with E-state index in [1.165, 1.54) is 0 Å². The van der Waals surface area contributed by atoms with Crippen LogP contribution in [0.3, 0.4) is 0 Å². The first kappa shape index (κ1) is 5.88. The molecule has 47 valence electrons. The quantitative estimate of drug-likeness (QED) is 0.558. The minimum Gasteiger partial charge on any atom is -0.365 e. The third kappa shape index (κ3) is 1.60. The molecule has 0 fully saturated rings. The third-order valence-electron chi connectivity index (χ3n) is 0.972. The van der Waals surface area contributed by atoms with Crippen LogP contribution in [0.15, 0.2) is 24.8 Å². The van der Waals surface area contributed by atoms with Gasteiger partial charge in [0, 0.05) is 24.8 Å². The lowest BCUT2D eigenvalue weighted by Crippen LogP contribution is -2.17. The highest BCUT2D eigenvalue weighted by Crippen LogP contribution is 1.91. The Hall–Kier alpha value is -1.25. The average molecular weight is 123 g/mol. The number of nitrogens with zero attached hydrogens (tertiary/aromatic N) is 1. The summed E-state index contributed by atoms with van der Waals surface area (Å²) in [4.78, 5) is 11.5. The molecule has 0 unspecified atom stereocenters. The number of rotatable bonds is 2. The molecule has 0 aromatic rings. The highest BCUT2D eigenvalue weighted by atomic mass is 16.1. The van der Waals surface area contributed by atoms with Crippen LogP contribution < -0.4 is 5.32 Å². The smallest absolute Gasteiger partial charge is 0.219 e. The first-order valence-electron chi connectivity index (χ1n) is 2.63. The maximum Gasteiger partial charge on any atom is 0.219 e. The summed E-state index contributed by atoms with van der Waals surface area (Å²) in [7, 11) is 0. The van der Waals surface area contributed by atoms with Crippen molar-refractivity contribution in [2.24, 2.45) is 0 Å². The third-order valence-corrected chi connectivity index (χ3v) is 0.972. The Kier molecular flexibility index (Phi) is 1.90. The summed E-state index contributed by atoms with van der Waals surface area (Å²) in [5.41, 5.74) is 0. The van der Waals surface area contributed by atoms with Gasteiger partial charge in [-0.15, -0.1) is 0 Å². The molecule has 1 rings (SSSR count). The molecule has 0 saturated heterocycles. The number of nitrogens with one attached hydrogen (secondary N) is 1. The highest BCUT2D eigenvalue weighted by molar-refractivity contribution is 5.53. The zero-order valence-electron chi connectivity index (χ0n) is 4.87. The Morgan fingerprint density at radius 1 is 1.44 bits per heavy atom. The monoisotopic (exact) mass is 123 g/mol. The van der Waals surface area contributed by atoms with Crippen LogP contribution in [0.2, 0.25) is 0 Å². The Morgan fingerprint density at radius 3 is 2.67 bits per heavy atom. The Bertz CT molecular complexity index is 139. The van der Waals surface area contributed by atoms with E-state index in [-0.39, 0.29) is 0 Å². The molecule has 3 heteroatoms. The van der Waals surface area contributed by atoms with E-state index in [1.807, 2.05) is 0 Å². The highest BCUT2D eigenvalue weighted by Gasteiger charge is 1.93. The normalized spacial score (nSPS) is 15.3. The maximum absolute atomic E-state index is 9.82. The molecule has 1 aliphatic rings. The first-order valence-corrected chi connectivity index (χ1v) is 2.63. The average Bonchev–Trinajstić information content (AvgIpc) is 1.91. The summed E-state index contributed by atoms with van der Waals surface area (Å²) in [6, 6.07) is 0. The first-order chi connectivity index (χ1) is 4.43. The van der Waals surface area contributed by atoms with Gasteiger partial charge in [-0.2, -0.15) is 0 Å². The summed E-state index contributed by atoms with van der Waals surface area (Å²) >= 11 is 0. The molecule has 0 amide bonds. The van der Waals surface area contributed by atoms with Crippen molar-refractivity contribution >= 4 is 6.29 Å². The predicted molar refractivity (Wildman–Crippen MR) is 33.8 cm³/mol. The largest absolute Gasteiger partial charge is 0.365 e. The van der Waals surface area contributed by atoms with E-state index < -0.39 is 0 Å². The molecule has 9 heavy (non-hydrogen) atoms. The summed E-state index contributed by atoms with van der Waals surface area (Å²) in [6.45, 7) is 0.300. The van der Waals surface area contributed by atoms with Gasteiger partial charge in [-0.05, 0) is 0 Å². The lowest BCUT2D eigenvalue weighted by Gasteiger charge is -2.13. The minimum atomic E-state index is 0.300. The van der Waals surface area contributed by atoms with Crippen molar-refractivity contribution in [2.75, 3.05) is 6.54 Å². The van der Waals surface area contributed by atoms with Crippen molar-refractivity contribution in [1.82, 2.24) is 10.2 Å². The van der Waals surface area contributed by atoms with Gasteiger partial charge in [-0.3, -0.25) is 4.79 Å². The molecule has 1 radical (unpaired) electrons. The maximum atomic E-state index is 9.82. The van der Waals surface area contributed by atoms with Crippen molar-refractivity contribution in [2.45, 2.75) is 0 Å². The standard InChI is InChI=1S/C6H7N2O/c9-6-5-8-3-1-7-2-4-8/h1-4,7H,5H2. The van der Waals surface area contributed by atoms with Gasteiger partial charge in [0.15, 0.2) is 0 Å². The summed E-state index contributed by atoms with van der Waals surface area (Å²) in [5.74, 6) is 0. The molecule has 0 atom stereocenters. The second-order valence-corrected chi connectivity index (χ2v) is 1.61. The van der Waals surface area contributed by atoms with E-state index in [0.29, 0.717) is 6.54 Å². The van der Waals surface area contributed by atoms with Crippen LogP contribution >= 0.6 is 0 Å². The summed E-state index contributed by atoms with van der Waals surface area (Å²) < 4.78 is 0. The van der Waals surface area contributed by atoms with Gasteiger partial charge < -0.3 is 10.2 Å². The SMILES string of the molecule is O=[C]CN1C=CNC=C1. The van der Waals surface area contributed by atoms with Crippen LogP contribution in [0.5, 0.6) is 0 Å². The Balaban J connectivity index is 2.39. The second kappa shape index (κ2) is 2.91. The Labute approximate surface area is 53.7 Å². The van der Waals surface area contributed by atoms with Crippen molar-refractivity contribution in [3.8, 4) is 0 Å². The van der Waals surface area contributed by atoms with Gasteiger partial charge in [0.05, 0.1) is 6.54 Å². The van der Waals surface area contributed by atoms with Crippen LogP contribution in [-0.2, 0) is 4.79 Å². The van der Waals surface area contributed by atoms with E-state index in [0.717, 1.165) is 0 Å². The van der Waals surface area contributed by atoms with E-state index in [1.54, 1.807) is 36.0 Å². The van der Waals surface area contributed by atoms with Crippen LogP contribution in [0.25, 0.3) is 0 Å². The van der Waals surface area contributed by atoms with Crippen molar-refractivity contribution in [3.05, 3.63) is 24.8 Å². The molecule has 1 heterocycles. The lowest BCUT2D eigenvalue weighted by molar-refractivity contribution is 0.507. The molecular formula is C6H7N2O. The molecule has 0 saturated carbocycles. The Morgan fingerprint density at radius 2 is 2.11 bits per heavy atom. The summed E-state index contributed by atoms with van der Waals surface area (Å²) in [6.07, 6.45) is 8.82. The van der Waals surface area contributed by atoms with Gasteiger partial charge in [0.2, 0.25) is 6.29 Å². The van der Waals surface area contributed by atoms with Crippen molar-refractivity contribution < 1.29 is 4.79 Å². The molecular weight excluding hydrogens is 116 g/mol. The zero-order chi connectivity index (χ0) is 6.53. The van der Waals surface area contributed by atoms with Crippen LogP contribution in [-0.4, -0.2) is 17.7 Å². The summed E-state index contributed by atoms with van der Waals surface area (Å²) in [5, 5.41) is 2.84. The molecule has 0 aromatic heterocycles. The number of hydrogen-bond donors (Lipinski definition) is 1. The number of carbonyl (C=O) groups excluding carboxylic acids is 1. The molecule has 3 nitrogen and oxygen atoms in total. The molecule has 0 spiro atoms. The van der Waals surface area contributed by atoms with Crippen LogP contribution in [0.1, 0.15) is 0 Å². The molecule has 0 bridgehead atoms.